The molecule has 0 saturated heterocycles. The highest BCUT2D eigenvalue weighted by Gasteiger charge is 2.23. The van der Waals surface area contributed by atoms with Gasteiger partial charge in [0.2, 0.25) is 12.7 Å². The Balaban J connectivity index is 1.66. The SMILES string of the molecule is Cc1ccc(-c2cnoc2NS(=O)(=O)c2ccc3c(c2)OCO3)cc1. The van der Waals surface area contributed by atoms with Crippen LogP contribution in [0, 0.1) is 6.92 Å². The smallest absolute Gasteiger partial charge is 0.264 e. The molecule has 0 amide bonds. The number of ether oxygens (including phenoxy) is 2. The molecule has 4 rings (SSSR count). The van der Waals surface area contributed by atoms with Crippen LogP contribution in [0.1, 0.15) is 5.56 Å². The number of anilines is 1. The fourth-order valence-corrected chi connectivity index (χ4v) is 3.50. The minimum atomic E-state index is -3.86. The lowest BCUT2D eigenvalue weighted by Crippen LogP contribution is -2.13. The number of aryl methyl sites for hydroxylation is 1. The molecule has 7 nitrogen and oxygen atoms in total. The van der Waals surface area contributed by atoms with E-state index in [1.165, 1.54) is 18.3 Å². The van der Waals surface area contributed by atoms with Gasteiger partial charge in [-0.1, -0.05) is 35.0 Å². The van der Waals surface area contributed by atoms with Gasteiger partial charge in [0.1, 0.15) is 0 Å². The van der Waals surface area contributed by atoms with Crippen molar-refractivity contribution in [1.29, 1.82) is 0 Å². The summed E-state index contributed by atoms with van der Waals surface area (Å²) < 4.78 is 43.2. The van der Waals surface area contributed by atoms with Gasteiger partial charge in [-0.2, -0.15) is 0 Å². The summed E-state index contributed by atoms with van der Waals surface area (Å²) in [4.78, 5) is 0.0445. The Kier molecular flexibility index (Phi) is 3.61. The van der Waals surface area contributed by atoms with Crippen molar-refractivity contribution >= 4 is 15.9 Å². The van der Waals surface area contributed by atoms with Crippen LogP contribution < -0.4 is 14.2 Å². The molecule has 0 saturated carbocycles. The van der Waals surface area contributed by atoms with Crippen LogP contribution in [0.5, 0.6) is 11.5 Å². The van der Waals surface area contributed by atoms with Crippen LogP contribution in [-0.4, -0.2) is 20.4 Å². The number of sulfonamides is 1. The number of nitrogens with zero attached hydrogens (tertiary/aromatic N) is 1. The third-order valence-electron chi connectivity index (χ3n) is 3.81. The van der Waals surface area contributed by atoms with Gasteiger partial charge in [-0.25, -0.2) is 13.1 Å². The Morgan fingerprint density at radius 3 is 2.60 bits per heavy atom. The first kappa shape index (κ1) is 15.5. The molecule has 0 spiro atoms. The van der Waals surface area contributed by atoms with Gasteiger partial charge in [0.15, 0.2) is 11.5 Å². The van der Waals surface area contributed by atoms with E-state index in [-0.39, 0.29) is 17.6 Å². The minimum Gasteiger partial charge on any atom is -0.454 e. The van der Waals surface area contributed by atoms with Gasteiger partial charge in [-0.15, -0.1) is 0 Å². The average molecular weight is 358 g/mol. The molecule has 0 aliphatic carbocycles. The number of rotatable bonds is 4. The standard InChI is InChI=1S/C17H14N2O5S/c1-11-2-4-12(5-3-11)14-9-18-24-17(14)19-25(20,21)13-6-7-15-16(8-13)23-10-22-15/h2-9,19H,10H2,1H3. The lowest BCUT2D eigenvalue weighted by molar-refractivity contribution is 0.174. The first-order valence-corrected chi connectivity index (χ1v) is 8.95. The monoisotopic (exact) mass is 358 g/mol. The summed E-state index contributed by atoms with van der Waals surface area (Å²) in [7, 11) is -3.86. The van der Waals surface area contributed by atoms with E-state index in [1.807, 2.05) is 31.2 Å². The fourth-order valence-electron chi connectivity index (χ4n) is 2.48. The van der Waals surface area contributed by atoms with E-state index < -0.39 is 10.0 Å². The quantitative estimate of drug-likeness (QED) is 0.770. The topological polar surface area (TPSA) is 90.7 Å². The van der Waals surface area contributed by atoms with E-state index in [1.54, 1.807) is 6.07 Å². The van der Waals surface area contributed by atoms with Crippen molar-refractivity contribution in [2.75, 3.05) is 11.5 Å². The van der Waals surface area contributed by atoms with E-state index in [2.05, 4.69) is 9.88 Å². The number of benzene rings is 2. The number of hydrogen-bond donors (Lipinski definition) is 1. The number of fused-ring (bicyclic) bond motifs is 1. The Morgan fingerprint density at radius 1 is 1.04 bits per heavy atom. The van der Waals surface area contributed by atoms with E-state index in [9.17, 15) is 8.42 Å². The molecule has 25 heavy (non-hydrogen) atoms. The number of nitrogens with one attached hydrogen (secondary N) is 1. The zero-order valence-corrected chi connectivity index (χ0v) is 14.0. The Labute approximate surface area is 144 Å². The molecule has 1 aliphatic rings. The first-order valence-electron chi connectivity index (χ1n) is 7.47. The Morgan fingerprint density at radius 2 is 1.80 bits per heavy atom. The normalized spacial score (nSPS) is 13.0. The predicted octanol–water partition coefficient (Wildman–Crippen LogP) is 3.18. The summed E-state index contributed by atoms with van der Waals surface area (Å²) in [5, 5.41) is 3.71. The molecule has 2 aromatic carbocycles. The van der Waals surface area contributed by atoms with E-state index in [0.29, 0.717) is 17.1 Å². The summed E-state index contributed by atoms with van der Waals surface area (Å²) in [6.45, 7) is 2.05. The van der Waals surface area contributed by atoms with Crippen molar-refractivity contribution in [2.24, 2.45) is 0 Å². The molecular formula is C17H14N2O5S. The predicted molar refractivity (Wildman–Crippen MR) is 90.0 cm³/mol. The average Bonchev–Trinajstić information content (AvgIpc) is 3.23. The molecule has 3 aromatic rings. The molecule has 0 radical (unpaired) electrons. The maximum Gasteiger partial charge on any atom is 0.264 e. The molecular weight excluding hydrogens is 344 g/mol. The first-order chi connectivity index (χ1) is 12.0. The second kappa shape index (κ2) is 5.82. The van der Waals surface area contributed by atoms with E-state index in [0.717, 1.165) is 11.1 Å². The second-order valence-corrected chi connectivity index (χ2v) is 7.24. The Bertz CT molecular complexity index is 1030. The molecule has 1 N–H and O–H groups in total. The molecule has 128 valence electrons. The van der Waals surface area contributed by atoms with Crippen LogP contribution in [0.25, 0.3) is 11.1 Å². The van der Waals surface area contributed by atoms with Gasteiger partial charge in [-0.05, 0) is 24.6 Å². The van der Waals surface area contributed by atoms with Gasteiger partial charge < -0.3 is 14.0 Å². The zero-order chi connectivity index (χ0) is 17.4. The van der Waals surface area contributed by atoms with Crippen LogP contribution in [0.2, 0.25) is 0 Å². The molecule has 1 aliphatic heterocycles. The van der Waals surface area contributed by atoms with Crippen molar-refractivity contribution in [3.05, 3.63) is 54.2 Å². The van der Waals surface area contributed by atoms with E-state index in [4.69, 9.17) is 14.0 Å². The lowest BCUT2D eigenvalue weighted by Gasteiger charge is -2.08. The molecule has 0 fully saturated rings. The van der Waals surface area contributed by atoms with Crippen molar-refractivity contribution in [2.45, 2.75) is 11.8 Å². The van der Waals surface area contributed by atoms with Crippen molar-refractivity contribution in [3.63, 3.8) is 0 Å². The van der Waals surface area contributed by atoms with Gasteiger partial charge in [0.25, 0.3) is 10.0 Å². The van der Waals surface area contributed by atoms with Crippen LogP contribution >= 0.6 is 0 Å². The van der Waals surface area contributed by atoms with Gasteiger partial charge in [0.05, 0.1) is 16.7 Å². The summed E-state index contributed by atoms with van der Waals surface area (Å²) >= 11 is 0. The maximum absolute atomic E-state index is 12.6. The van der Waals surface area contributed by atoms with Crippen LogP contribution in [0.15, 0.2) is 58.1 Å². The van der Waals surface area contributed by atoms with E-state index >= 15 is 0 Å². The van der Waals surface area contributed by atoms with Crippen LogP contribution in [0.4, 0.5) is 5.88 Å². The summed E-state index contributed by atoms with van der Waals surface area (Å²) in [6, 6.07) is 12.0. The van der Waals surface area contributed by atoms with Gasteiger partial charge in [-0.3, -0.25) is 0 Å². The van der Waals surface area contributed by atoms with Crippen LogP contribution in [0.3, 0.4) is 0 Å². The summed E-state index contributed by atoms with van der Waals surface area (Å²) in [5.74, 6) is 0.958. The largest absolute Gasteiger partial charge is 0.454 e. The highest BCUT2D eigenvalue weighted by atomic mass is 32.2. The number of aromatic nitrogens is 1. The molecule has 2 heterocycles. The summed E-state index contributed by atoms with van der Waals surface area (Å²) in [5.41, 5.74) is 2.46. The van der Waals surface area contributed by atoms with Crippen molar-refractivity contribution in [1.82, 2.24) is 5.16 Å². The number of hydrogen-bond acceptors (Lipinski definition) is 6. The lowest BCUT2D eigenvalue weighted by atomic mass is 10.1. The molecule has 0 bridgehead atoms. The van der Waals surface area contributed by atoms with Gasteiger partial charge in [0, 0.05) is 6.07 Å². The van der Waals surface area contributed by atoms with Crippen LogP contribution in [-0.2, 0) is 10.0 Å². The molecule has 0 unspecified atom stereocenters. The summed E-state index contributed by atoms with van der Waals surface area (Å²) in [6.07, 6.45) is 1.47. The fraction of sp³-hybridized carbons (Fsp3) is 0.118. The highest BCUT2D eigenvalue weighted by molar-refractivity contribution is 7.92. The maximum atomic E-state index is 12.6. The molecule has 1 aromatic heterocycles. The third kappa shape index (κ3) is 2.91. The third-order valence-corrected chi connectivity index (χ3v) is 5.14. The Hall–Kier alpha value is -3.00. The highest BCUT2D eigenvalue weighted by Crippen LogP contribution is 2.35. The second-order valence-electron chi connectivity index (χ2n) is 5.56. The molecule has 8 heteroatoms. The minimum absolute atomic E-state index is 0.0445. The van der Waals surface area contributed by atoms with Crippen molar-refractivity contribution < 1.29 is 22.4 Å². The zero-order valence-electron chi connectivity index (χ0n) is 13.2. The molecule has 0 atom stereocenters. The van der Waals surface area contributed by atoms with Gasteiger partial charge >= 0.3 is 0 Å². The van der Waals surface area contributed by atoms with Crippen molar-refractivity contribution in [3.8, 4) is 22.6 Å².